The number of fused-ring (bicyclic) bond motifs is 1. The average Bonchev–Trinajstić information content (AvgIpc) is 2.54. The highest BCUT2D eigenvalue weighted by Crippen LogP contribution is 2.25. The van der Waals surface area contributed by atoms with E-state index in [0.717, 1.165) is 11.9 Å². The first-order valence-electron chi connectivity index (χ1n) is 7.34. The fourth-order valence-corrected chi connectivity index (χ4v) is 2.76. The molecule has 2 aromatic carbocycles. The highest BCUT2D eigenvalue weighted by atomic mass is 14.9. The Balaban J connectivity index is 1.96. The smallest absolute Gasteiger partial charge is 0.0705 e. The van der Waals surface area contributed by atoms with E-state index in [9.17, 15) is 0 Å². The van der Waals surface area contributed by atoms with Crippen LogP contribution in [0.15, 0.2) is 60.8 Å². The largest absolute Gasteiger partial charge is 0.313 e. The van der Waals surface area contributed by atoms with Crippen molar-refractivity contribution in [3.8, 4) is 0 Å². The molecular formula is C19H20N2. The van der Waals surface area contributed by atoms with E-state index in [2.05, 4.69) is 65.8 Å². The molecule has 1 heterocycles. The highest BCUT2D eigenvalue weighted by Gasteiger charge is 2.13. The van der Waals surface area contributed by atoms with Gasteiger partial charge in [0, 0.05) is 17.6 Å². The van der Waals surface area contributed by atoms with E-state index in [0.29, 0.717) is 6.04 Å². The zero-order chi connectivity index (χ0) is 14.7. The third-order valence-electron chi connectivity index (χ3n) is 3.96. The maximum Gasteiger partial charge on any atom is 0.0705 e. The number of aryl methyl sites for hydroxylation is 1. The van der Waals surface area contributed by atoms with E-state index in [-0.39, 0.29) is 0 Å². The van der Waals surface area contributed by atoms with Gasteiger partial charge in [-0.15, -0.1) is 0 Å². The normalized spacial score (nSPS) is 12.5. The van der Waals surface area contributed by atoms with Gasteiger partial charge in [0.15, 0.2) is 0 Å². The first-order valence-corrected chi connectivity index (χ1v) is 7.34. The van der Waals surface area contributed by atoms with Crippen LogP contribution in [-0.4, -0.2) is 12.0 Å². The molecule has 0 fully saturated rings. The van der Waals surface area contributed by atoms with Gasteiger partial charge in [-0.1, -0.05) is 48.0 Å². The van der Waals surface area contributed by atoms with Crippen LogP contribution in [0, 0.1) is 6.92 Å². The Kier molecular flexibility index (Phi) is 3.98. The minimum atomic E-state index is 0.292. The van der Waals surface area contributed by atoms with E-state index >= 15 is 0 Å². The summed E-state index contributed by atoms with van der Waals surface area (Å²) in [6, 6.07) is 19.6. The maximum absolute atomic E-state index is 4.45. The third-order valence-corrected chi connectivity index (χ3v) is 3.96. The molecular weight excluding hydrogens is 256 g/mol. The molecule has 0 bridgehead atoms. The summed E-state index contributed by atoms with van der Waals surface area (Å²) in [5.41, 5.74) is 5.01. The van der Waals surface area contributed by atoms with Crippen LogP contribution in [-0.2, 0) is 6.42 Å². The number of hydrogen-bond acceptors (Lipinski definition) is 2. The molecule has 0 saturated heterocycles. The Morgan fingerprint density at radius 2 is 1.81 bits per heavy atom. The maximum atomic E-state index is 4.45. The summed E-state index contributed by atoms with van der Waals surface area (Å²) in [6.07, 6.45) is 2.82. The number of likely N-dealkylation sites (N-methyl/N-ethyl adjacent to an activating group) is 1. The number of benzene rings is 2. The number of nitrogens with zero attached hydrogens (tertiary/aromatic N) is 1. The zero-order valence-corrected chi connectivity index (χ0v) is 12.5. The molecule has 0 saturated carbocycles. The van der Waals surface area contributed by atoms with Gasteiger partial charge in [0.1, 0.15) is 0 Å². The summed E-state index contributed by atoms with van der Waals surface area (Å²) in [5, 5.41) is 4.67. The lowest BCUT2D eigenvalue weighted by molar-refractivity contribution is 0.596. The Morgan fingerprint density at radius 3 is 2.57 bits per heavy atom. The van der Waals surface area contributed by atoms with Gasteiger partial charge in [-0.05, 0) is 43.7 Å². The van der Waals surface area contributed by atoms with Gasteiger partial charge >= 0.3 is 0 Å². The second-order valence-corrected chi connectivity index (χ2v) is 5.45. The van der Waals surface area contributed by atoms with Crippen LogP contribution >= 0.6 is 0 Å². The summed E-state index contributed by atoms with van der Waals surface area (Å²) in [7, 11) is 2.02. The van der Waals surface area contributed by atoms with Crippen molar-refractivity contribution in [3.05, 3.63) is 77.5 Å². The predicted octanol–water partition coefficient (Wildman–Crippen LogP) is 4.05. The quantitative estimate of drug-likeness (QED) is 0.777. The number of hydrogen-bond donors (Lipinski definition) is 1. The van der Waals surface area contributed by atoms with Gasteiger partial charge in [0.05, 0.1) is 5.52 Å². The van der Waals surface area contributed by atoms with Crippen molar-refractivity contribution >= 4 is 10.9 Å². The van der Waals surface area contributed by atoms with E-state index in [4.69, 9.17) is 0 Å². The molecule has 1 unspecified atom stereocenters. The van der Waals surface area contributed by atoms with Crippen molar-refractivity contribution < 1.29 is 0 Å². The van der Waals surface area contributed by atoms with Crippen molar-refractivity contribution in [2.45, 2.75) is 19.4 Å². The molecule has 2 heteroatoms. The minimum absolute atomic E-state index is 0.292. The molecule has 1 N–H and O–H groups in total. The minimum Gasteiger partial charge on any atom is -0.313 e. The molecule has 2 nitrogen and oxygen atoms in total. The summed E-state index contributed by atoms with van der Waals surface area (Å²) in [4.78, 5) is 4.45. The van der Waals surface area contributed by atoms with E-state index in [1.54, 1.807) is 0 Å². The van der Waals surface area contributed by atoms with Crippen molar-refractivity contribution in [2.24, 2.45) is 0 Å². The van der Waals surface area contributed by atoms with Gasteiger partial charge in [-0.2, -0.15) is 0 Å². The topological polar surface area (TPSA) is 24.9 Å². The summed E-state index contributed by atoms with van der Waals surface area (Å²) < 4.78 is 0. The van der Waals surface area contributed by atoms with Gasteiger partial charge in [0.25, 0.3) is 0 Å². The van der Waals surface area contributed by atoms with Crippen LogP contribution in [0.1, 0.15) is 22.7 Å². The molecule has 21 heavy (non-hydrogen) atoms. The van der Waals surface area contributed by atoms with Crippen molar-refractivity contribution in [2.75, 3.05) is 7.05 Å². The molecule has 106 valence electrons. The Hall–Kier alpha value is -2.19. The Labute approximate surface area is 125 Å². The molecule has 3 rings (SSSR count). The zero-order valence-electron chi connectivity index (χ0n) is 12.5. The van der Waals surface area contributed by atoms with Crippen molar-refractivity contribution in [1.29, 1.82) is 0 Å². The molecule has 0 amide bonds. The number of rotatable bonds is 4. The highest BCUT2D eigenvalue weighted by molar-refractivity contribution is 5.82. The second kappa shape index (κ2) is 6.06. The summed E-state index contributed by atoms with van der Waals surface area (Å²) >= 11 is 0. The first kappa shape index (κ1) is 13.8. The van der Waals surface area contributed by atoms with Crippen molar-refractivity contribution in [1.82, 2.24) is 10.3 Å². The van der Waals surface area contributed by atoms with Gasteiger partial charge < -0.3 is 5.32 Å². The van der Waals surface area contributed by atoms with E-state index < -0.39 is 0 Å². The van der Waals surface area contributed by atoms with Crippen LogP contribution in [0.3, 0.4) is 0 Å². The number of nitrogens with one attached hydrogen (secondary N) is 1. The Bertz CT molecular complexity index is 727. The van der Waals surface area contributed by atoms with Crippen LogP contribution in [0.25, 0.3) is 10.9 Å². The third kappa shape index (κ3) is 2.96. The molecule has 1 aromatic heterocycles. The fourth-order valence-electron chi connectivity index (χ4n) is 2.76. The monoisotopic (exact) mass is 276 g/mol. The predicted molar refractivity (Wildman–Crippen MR) is 88.4 cm³/mol. The van der Waals surface area contributed by atoms with Crippen LogP contribution in [0.2, 0.25) is 0 Å². The molecule has 0 radical (unpaired) electrons. The lowest BCUT2D eigenvalue weighted by Gasteiger charge is -2.19. The lowest BCUT2D eigenvalue weighted by atomic mass is 9.95. The van der Waals surface area contributed by atoms with Gasteiger partial charge in [-0.3, -0.25) is 4.98 Å². The lowest BCUT2D eigenvalue weighted by Crippen LogP contribution is -2.19. The van der Waals surface area contributed by atoms with Crippen LogP contribution in [0.5, 0.6) is 0 Å². The summed E-state index contributed by atoms with van der Waals surface area (Å²) in [5.74, 6) is 0. The van der Waals surface area contributed by atoms with E-state index in [1.165, 1.54) is 22.1 Å². The molecule has 0 aliphatic rings. The van der Waals surface area contributed by atoms with E-state index in [1.807, 2.05) is 19.3 Å². The number of aromatic nitrogens is 1. The molecule has 0 aliphatic heterocycles. The molecule has 0 spiro atoms. The van der Waals surface area contributed by atoms with Crippen molar-refractivity contribution in [3.63, 3.8) is 0 Å². The molecule has 3 aromatic rings. The number of pyridine rings is 1. The van der Waals surface area contributed by atoms with Gasteiger partial charge in [-0.25, -0.2) is 0 Å². The average molecular weight is 276 g/mol. The second-order valence-electron chi connectivity index (χ2n) is 5.45. The molecule has 1 atom stereocenters. The fraction of sp³-hybridized carbons (Fsp3) is 0.211. The van der Waals surface area contributed by atoms with Gasteiger partial charge in [0.2, 0.25) is 0 Å². The first-order chi connectivity index (χ1) is 10.3. The molecule has 0 aliphatic carbocycles. The Morgan fingerprint density at radius 1 is 1.00 bits per heavy atom. The van der Waals surface area contributed by atoms with Crippen LogP contribution in [0.4, 0.5) is 0 Å². The SMILES string of the molecule is CNC(Cc1ccc(C)cc1)c1cccc2ncccc12. The summed E-state index contributed by atoms with van der Waals surface area (Å²) in [6.45, 7) is 2.12. The van der Waals surface area contributed by atoms with Crippen LogP contribution < -0.4 is 5.32 Å². The standard InChI is InChI=1S/C19H20N2/c1-14-8-10-15(11-9-14)13-19(20-2)17-5-3-7-18-16(17)6-4-12-21-18/h3-12,19-20H,13H2,1-2H3.